The predicted molar refractivity (Wildman–Crippen MR) is 180 cm³/mol. The number of halogens is 1. The minimum Gasteiger partial charge on any atom is -0.375 e. The number of ether oxygens (including phenoxy) is 1. The Labute approximate surface area is 276 Å². The third kappa shape index (κ3) is 9.26. The second-order valence-corrected chi connectivity index (χ2v) is 13.2. The number of nitrogens with zero attached hydrogens (tertiary/aromatic N) is 1. The zero-order chi connectivity index (χ0) is 33.2. The van der Waals surface area contributed by atoms with Gasteiger partial charge in [0.25, 0.3) is 21.6 Å². The van der Waals surface area contributed by atoms with Crippen LogP contribution in [0.2, 0.25) is 0 Å². The van der Waals surface area contributed by atoms with Gasteiger partial charge in [-0.1, -0.05) is 72.8 Å². The lowest BCUT2D eigenvalue weighted by Gasteiger charge is -2.20. The van der Waals surface area contributed by atoms with Gasteiger partial charge in [0, 0.05) is 22.3 Å². The van der Waals surface area contributed by atoms with Crippen LogP contribution in [0.3, 0.4) is 0 Å². The van der Waals surface area contributed by atoms with Crippen molar-refractivity contribution in [3.63, 3.8) is 0 Å². The number of nitro benzene ring substituents is 1. The Bertz CT molecular complexity index is 1930. The van der Waals surface area contributed by atoms with E-state index in [1.807, 2.05) is 65.4 Å². The third-order valence-corrected chi connectivity index (χ3v) is 9.52. The van der Waals surface area contributed by atoms with Crippen molar-refractivity contribution in [3.8, 4) is 11.1 Å². The van der Waals surface area contributed by atoms with E-state index in [1.165, 1.54) is 36.4 Å². The predicted octanol–water partition coefficient (Wildman–Crippen LogP) is 7.31. The van der Waals surface area contributed by atoms with E-state index in [2.05, 4.69) is 5.32 Å². The minimum atomic E-state index is -4.47. The van der Waals surface area contributed by atoms with Crippen LogP contribution in [0.5, 0.6) is 0 Å². The zero-order valence-corrected chi connectivity index (χ0v) is 26.5. The van der Waals surface area contributed by atoms with E-state index in [4.69, 9.17) is 4.74 Å². The van der Waals surface area contributed by atoms with Crippen LogP contribution in [0, 0.1) is 15.9 Å². The maximum absolute atomic E-state index is 13.2. The monoisotopic (exact) mass is 671 g/mol. The van der Waals surface area contributed by atoms with E-state index in [0.29, 0.717) is 17.9 Å². The molecule has 1 unspecified atom stereocenters. The number of carbonyl (C=O) groups is 1. The summed E-state index contributed by atoms with van der Waals surface area (Å²) in [7, 11) is -4.47. The van der Waals surface area contributed by atoms with Crippen molar-refractivity contribution < 1.29 is 27.3 Å². The van der Waals surface area contributed by atoms with Gasteiger partial charge in [-0.3, -0.25) is 14.9 Å². The SMILES string of the molecule is O=C(NS(=O)(=O)c1ccc(NC(COCc2ccccc2)CSc2ccccc2)c([N+](=O)[O-])c1)c1ccc(-c2ccc(F)cc2)cc1. The lowest BCUT2D eigenvalue weighted by Crippen LogP contribution is -2.31. The van der Waals surface area contributed by atoms with E-state index in [9.17, 15) is 27.7 Å². The highest BCUT2D eigenvalue weighted by Crippen LogP contribution is 2.30. The van der Waals surface area contributed by atoms with Gasteiger partial charge in [0.1, 0.15) is 11.5 Å². The molecule has 9 nitrogen and oxygen atoms in total. The number of carbonyl (C=O) groups excluding carboxylic acids is 1. The topological polar surface area (TPSA) is 128 Å². The van der Waals surface area contributed by atoms with Gasteiger partial charge in [-0.2, -0.15) is 0 Å². The Balaban J connectivity index is 1.30. The second kappa shape index (κ2) is 15.5. The Kier molecular flexibility index (Phi) is 11.0. The number of nitro groups is 1. The maximum Gasteiger partial charge on any atom is 0.293 e. The van der Waals surface area contributed by atoms with Crippen molar-refractivity contribution in [1.29, 1.82) is 0 Å². The molecule has 5 aromatic carbocycles. The molecule has 0 saturated carbocycles. The molecule has 12 heteroatoms. The summed E-state index contributed by atoms with van der Waals surface area (Å²) < 4.78 is 47.5. The molecule has 0 saturated heterocycles. The van der Waals surface area contributed by atoms with Gasteiger partial charge in [-0.15, -0.1) is 11.8 Å². The van der Waals surface area contributed by atoms with E-state index in [-0.39, 0.29) is 29.7 Å². The van der Waals surface area contributed by atoms with Gasteiger partial charge in [0.15, 0.2) is 0 Å². The van der Waals surface area contributed by atoms with E-state index >= 15 is 0 Å². The van der Waals surface area contributed by atoms with Crippen molar-refractivity contribution in [1.82, 2.24) is 4.72 Å². The Morgan fingerprint density at radius 1 is 0.851 bits per heavy atom. The third-order valence-electron chi connectivity index (χ3n) is 7.01. The fourth-order valence-electron chi connectivity index (χ4n) is 4.61. The van der Waals surface area contributed by atoms with Crippen molar-refractivity contribution in [3.05, 3.63) is 154 Å². The van der Waals surface area contributed by atoms with Crippen LogP contribution < -0.4 is 10.0 Å². The molecular weight excluding hydrogens is 642 g/mol. The van der Waals surface area contributed by atoms with Crippen LogP contribution in [-0.2, 0) is 21.4 Å². The molecule has 0 aromatic heterocycles. The van der Waals surface area contributed by atoms with Crippen molar-refractivity contribution in [2.24, 2.45) is 0 Å². The van der Waals surface area contributed by atoms with Crippen LogP contribution in [0.1, 0.15) is 15.9 Å². The molecule has 1 atom stereocenters. The fraction of sp³-hybridized carbons (Fsp3) is 0.114. The molecule has 0 aliphatic carbocycles. The number of hydrogen-bond donors (Lipinski definition) is 2. The molecule has 5 rings (SSSR count). The molecular formula is C35H30FN3O6S2. The van der Waals surface area contributed by atoms with E-state index in [0.717, 1.165) is 22.1 Å². The van der Waals surface area contributed by atoms with Crippen molar-refractivity contribution in [2.45, 2.75) is 22.4 Å². The molecule has 0 aliphatic heterocycles. The molecule has 1 amide bonds. The molecule has 0 spiro atoms. The molecule has 2 N–H and O–H groups in total. The highest BCUT2D eigenvalue weighted by atomic mass is 32.2. The molecule has 0 radical (unpaired) electrons. The summed E-state index contributed by atoms with van der Waals surface area (Å²) in [6, 6.07) is 34.2. The van der Waals surface area contributed by atoms with Crippen LogP contribution in [0.15, 0.2) is 137 Å². The number of hydrogen-bond acceptors (Lipinski definition) is 8. The number of sulfonamides is 1. The molecule has 0 aliphatic rings. The summed E-state index contributed by atoms with van der Waals surface area (Å²) in [5, 5.41) is 15.3. The summed E-state index contributed by atoms with van der Waals surface area (Å²) in [5.41, 5.74) is 2.10. The standard InChI is InChI=1S/C35H30FN3O6S2/c36-29-17-15-27(16-18-29)26-11-13-28(14-12-26)35(40)38-47(43,44)32-19-20-33(34(21-32)39(41)42)37-30(24-46-31-9-5-2-6-10-31)23-45-22-25-7-3-1-4-8-25/h1-21,30,37H,22-24H2,(H,38,40). The second-order valence-electron chi connectivity index (χ2n) is 10.4. The molecule has 0 fully saturated rings. The van der Waals surface area contributed by atoms with Gasteiger partial charge < -0.3 is 10.1 Å². The first-order valence-corrected chi connectivity index (χ1v) is 16.9. The molecule has 240 valence electrons. The van der Waals surface area contributed by atoms with E-state index in [1.54, 1.807) is 36.0 Å². The first-order valence-electron chi connectivity index (χ1n) is 14.5. The zero-order valence-electron chi connectivity index (χ0n) is 24.9. The van der Waals surface area contributed by atoms with Gasteiger partial charge in [-0.05, 0) is 65.2 Å². The summed E-state index contributed by atoms with van der Waals surface area (Å²) in [5.74, 6) is -0.783. The number of amides is 1. The highest BCUT2D eigenvalue weighted by Gasteiger charge is 2.25. The maximum atomic E-state index is 13.2. The number of thioether (sulfide) groups is 1. The van der Waals surface area contributed by atoms with Gasteiger partial charge in [-0.25, -0.2) is 17.5 Å². The minimum absolute atomic E-state index is 0.0569. The van der Waals surface area contributed by atoms with Crippen LogP contribution in [-0.4, -0.2) is 37.6 Å². The quantitative estimate of drug-likeness (QED) is 0.0715. The van der Waals surface area contributed by atoms with Crippen LogP contribution in [0.4, 0.5) is 15.8 Å². The van der Waals surface area contributed by atoms with Gasteiger partial charge in [0.05, 0.1) is 29.1 Å². The van der Waals surface area contributed by atoms with Gasteiger partial charge in [0.2, 0.25) is 0 Å². The molecule has 0 heterocycles. The number of benzene rings is 5. The molecule has 0 bridgehead atoms. The lowest BCUT2D eigenvalue weighted by atomic mass is 10.0. The summed E-state index contributed by atoms with van der Waals surface area (Å²) >= 11 is 1.55. The van der Waals surface area contributed by atoms with Crippen LogP contribution >= 0.6 is 11.8 Å². The van der Waals surface area contributed by atoms with Gasteiger partial charge >= 0.3 is 0 Å². The number of rotatable bonds is 14. The van der Waals surface area contributed by atoms with Crippen molar-refractivity contribution in [2.75, 3.05) is 17.7 Å². The largest absolute Gasteiger partial charge is 0.375 e. The number of anilines is 1. The van der Waals surface area contributed by atoms with Crippen molar-refractivity contribution >= 4 is 39.1 Å². The number of nitrogens with one attached hydrogen (secondary N) is 2. The lowest BCUT2D eigenvalue weighted by molar-refractivity contribution is -0.384. The molecule has 47 heavy (non-hydrogen) atoms. The summed E-state index contributed by atoms with van der Waals surface area (Å²) in [6.07, 6.45) is 0. The Morgan fingerprint density at radius 2 is 1.47 bits per heavy atom. The normalized spacial score (nSPS) is 11.9. The summed E-state index contributed by atoms with van der Waals surface area (Å²) in [4.78, 5) is 24.8. The average Bonchev–Trinajstić information content (AvgIpc) is 3.08. The smallest absolute Gasteiger partial charge is 0.293 e. The first kappa shape index (κ1) is 33.3. The average molecular weight is 672 g/mol. The Hall–Kier alpha value is -5.04. The first-order chi connectivity index (χ1) is 22.7. The van der Waals surface area contributed by atoms with Crippen LogP contribution in [0.25, 0.3) is 11.1 Å². The molecule has 5 aromatic rings. The highest BCUT2D eigenvalue weighted by molar-refractivity contribution is 7.99. The van der Waals surface area contributed by atoms with E-state index < -0.39 is 31.4 Å². The summed E-state index contributed by atoms with van der Waals surface area (Å²) in [6.45, 7) is 0.574. The Morgan fingerprint density at radius 3 is 2.11 bits per heavy atom. The fourth-order valence-corrected chi connectivity index (χ4v) is 6.52.